The number of nitrogens with one attached hydrogen (secondary N) is 1. The summed E-state index contributed by atoms with van der Waals surface area (Å²) in [5.41, 5.74) is 1.09. The van der Waals surface area contributed by atoms with Gasteiger partial charge in [0.2, 0.25) is 0 Å². The van der Waals surface area contributed by atoms with E-state index in [0.29, 0.717) is 19.0 Å². The van der Waals surface area contributed by atoms with E-state index >= 15 is 0 Å². The molecule has 25 heavy (non-hydrogen) atoms. The van der Waals surface area contributed by atoms with Gasteiger partial charge in [-0.25, -0.2) is 4.79 Å². The van der Waals surface area contributed by atoms with E-state index in [1.165, 1.54) is 0 Å². The quantitative estimate of drug-likeness (QED) is 0.839. The molecule has 2 heterocycles. The third-order valence-corrected chi connectivity index (χ3v) is 5.08. The first kappa shape index (κ1) is 18.2. The maximum atomic E-state index is 12.6. The lowest BCUT2D eigenvalue weighted by Gasteiger charge is -2.39. The minimum Gasteiger partial charge on any atom is -0.396 e. The number of aliphatic hydroxyl groups is 1. The van der Waals surface area contributed by atoms with Crippen molar-refractivity contribution in [1.29, 1.82) is 0 Å². The standard InChI is InChI=1S/C19H29N3O3/c23-15-18-10-17(12-21-6-8-25-9-7-21)13-22(14-18)19(24)20-11-16-4-2-1-3-5-16/h1-5,17-18,23H,6-15H2,(H,20,24)/t17-,18-/m0/s1. The van der Waals surface area contributed by atoms with E-state index in [1.54, 1.807) is 0 Å². The minimum atomic E-state index is -0.0334. The summed E-state index contributed by atoms with van der Waals surface area (Å²) in [4.78, 5) is 16.9. The van der Waals surface area contributed by atoms with Crippen molar-refractivity contribution in [3.63, 3.8) is 0 Å². The Labute approximate surface area is 149 Å². The van der Waals surface area contributed by atoms with Crippen molar-refractivity contribution in [3.05, 3.63) is 35.9 Å². The Morgan fingerprint density at radius 3 is 2.60 bits per heavy atom. The van der Waals surface area contributed by atoms with Crippen molar-refractivity contribution in [2.45, 2.75) is 13.0 Å². The molecule has 2 N–H and O–H groups in total. The zero-order valence-electron chi connectivity index (χ0n) is 14.8. The molecule has 2 aliphatic rings. The van der Waals surface area contributed by atoms with Gasteiger partial charge < -0.3 is 20.1 Å². The molecular weight excluding hydrogens is 318 g/mol. The maximum absolute atomic E-state index is 12.6. The predicted octanol–water partition coefficient (Wildman–Crippen LogP) is 1.16. The summed E-state index contributed by atoms with van der Waals surface area (Å²) in [6, 6.07) is 9.90. The van der Waals surface area contributed by atoms with Gasteiger partial charge in [0, 0.05) is 51.8 Å². The van der Waals surface area contributed by atoms with Crippen LogP contribution in [0.4, 0.5) is 4.79 Å². The topological polar surface area (TPSA) is 65.0 Å². The Kier molecular flexibility index (Phi) is 6.67. The summed E-state index contributed by atoms with van der Waals surface area (Å²) in [6.07, 6.45) is 0.982. The molecule has 6 heteroatoms. The molecule has 2 aliphatic heterocycles. The van der Waals surface area contributed by atoms with Gasteiger partial charge in [-0.1, -0.05) is 30.3 Å². The fourth-order valence-corrected chi connectivity index (χ4v) is 3.78. The van der Waals surface area contributed by atoms with Crippen molar-refractivity contribution in [2.24, 2.45) is 11.8 Å². The Bertz CT molecular complexity index is 534. The highest BCUT2D eigenvalue weighted by Gasteiger charge is 2.31. The van der Waals surface area contributed by atoms with Gasteiger partial charge >= 0.3 is 6.03 Å². The smallest absolute Gasteiger partial charge is 0.317 e. The molecule has 0 spiro atoms. The van der Waals surface area contributed by atoms with Crippen molar-refractivity contribution in [1.82, 2.24) is 15.1 Å². The van der Waals surface area contributed by atoms with Gasteiger partial charge in [0.05, 0.1) is 13.2 Å². The molecule has 2 saturated heterocycles. The van der Waals surface area contributed by atoms with Crippen LogP contribution in [0.1, 0.15) is 12.0 Å². The highest BCUT2D eigenvalue weighted by molar-refractivity contribution is 5.74. The number of ether oxygens (including phenoxy) is 1. The number of carbonyl (C=O) groups excluding carboxylic acids is 1. The summed E-state index contributed by atoms with van der Waals surface area (Å²) >= 11 is 0. The van der Waals surface area contributed by atoms with Crippen LogP contribution in [0.5, 0.6) is 0 Å². The van der Waals surface area contributed by atoms with Gasteiger partial charge in [-0.3, -0.25) is 4.90 Å². The summed E-state index contributed by atoms with van der Waals surface area (Å²) in [7, 11) is 0. The predicted molar refractivity (Wildman–Crippen MR) is 96.2 cm³/mol. The number of rotatable bonds is 5. The van der Waals surface area contributed by atoms with Crippen LogP contribution in [0.3, 0.4) is 0 Å². The molecule has 6 nitrogen and oxygen atoms in total. The average molecular weight is 347 g/mol. The van der Waals surface area contributed by atoms with Crippen molar-refractivity contribution < 1.29 is 14.6 Å². The summed E-state index contributed by atoms with van der Waals surface area (Å²) in [6.45, 7) is 6.54. The number of urea groups is 1. The number of carbonyl (C=O) groups is 1. The van der Waals surface area contributed by atoms with Crippen LogP contribution in [0.25, 0.3) is 0 Å². The zero-order chi connectivity index (χ0) is 17.5. The SMILES string of the molecule is O=C(NCc1ccccc1)N1C[C@@H](CO)C[C@@H](CN2CCOCC2)C1. The van der Waals surface area contributed by atoms with E-state index in [4.69, 9.17) is 4.74 Å². The normalized spacial score (nSPS) is 24.9. The van der Waals surface area contributed by atoms with E-state index < -0.39 is 0 Å². The van der Waals surface area contributed by atoms with Crippen molar-refractivity contribution in [3.8, 4) is 0 Å². The van der Waals surface area contributed by atoms with Gasteiger partial charge in [-0.15, -0.1) is 0 Å². The Balaban J connectivity index is 1.52. The van der Waals surface area contributed by atoms with Crippen LogP contribution in [0, 0.1) is 11.8 Å². The molecule has 0 radical (unpaired) electrons. The lowest BCUT2D eigenvalue weighted by atomic mass is 9.89. The van der Waals surface area contributed by atoms with Gasteiger partial charge in [0.15, 0.2) is 0 Å². The van der Waals surface area contributed by atoms with Gasteiger partial charge in [0.1, 0.15) is 0 Å². The first-order chi connectivity index (χ1) is 12.2. The van der Waals surface area contributed by atoms with E-state index in [1.807, 2.05) is 35.2 Å². The third-order valence-electron chi connectivity index (χ3n) is 5.08. The van der Waals surface area contributed by atoms with Crippen LogP contribution in [-0.4, -0.2) is 73.5 Å². The molecule has 2 amide bonds. The summed E-state index contributed by atoms with van der Waals surface area (Å²) in [5, 5.41) is 12.6. The first-order valence-electron chi connectivity index (χ1n) is 9.22. The number of piperidine rings is 1. The number of morpholine rings is 1. The Hall–Kier alpha value is -1.63. The van der Waals surface area contributed by atoms with E-state index in [2.05, 4.69) is 10.2 Å². The molecule has 0 unspecified atom stereocenters. The maximum Gasteiger partial charge on any atom is 0.317 e. The van der Waals surface area contributed by atoms with Gasteiger partial charge in [-0.05, 0) is 17.9 Å². The van der Waals surface area contributed by atoms with Crippen LogP contribution in [-0.2, 0) is 11.3 Å². The molecule has 138 valence electrons. The lowest BCUT2D eigenvalue weighted by molar-refractivity contribution is 0.0174. The number of amides is 2. The summed E-state index contributed by atoms with van der Waals surface area (Å²) < 4.78 is 5.41. The molecule has 3 rings (SSSR count). The molecule has 2 atom stereocenters. The second-order valence-electron chi connectivity index (χ2n) is 7.11. The van der Waals surface area contributed by atoms with E-state index in [0.717, 1.165) is 51.4 Å². The number of hydrogen-bond acceptors (Lipinski definition) is 4. The number of likely N-dealkylation sites (tertiary alicyclic amines) is 1. The van der Waals surface area contributed by atoms with E-state index in [-0.39, 0.29) is 18.6 Å². The Morgan fingerprint density at radius 2 is 1.88 bits per heavy atom. The molecule has 0 saturated carbocycles. The average Bonchev–Trinajstić information content (AvgIpc) is 2.67. The molecule has 1 aromatic rings. The number of hydrogen-bond donors (Lipinski definition) is 2. The molecule has 2 fully saturated rings. The molecule has 0 aliphatic carbocycles. The lowest BCUT2D eigenvalue weighted by Crippen LogP contribution is -2.51. The monoisotopic (exact) mass is 347 g/mol. The van der Waals surface area contributed by atoms with Crippen LogP contribution < -0.4 is 5.32 Å². The number of nitrogens with zero attached hydrogens (tertiary/aromatic N) is 2. The Morgan fingerprint density at radius 1 is 1.16 bits per heavy atom. The number of aliphatic hydroxyl groups excluding tert-OH is 1. The van der Waals surface area contributed by atoms with Crippen molar-refractivity contribution in [2.75, 3.05) is 52.5 Å². The highest BCUT2D eigenvalue weighted by atomic mass is 16.5. The van der Waals surface area contributed by atoms with Crippen LogP contribution >= 0.6 is 0 Å². The molecule has 0 bridgehead atoms. The van der Waals surface area contributed by atoms with Crippen LogP contribution in [0.15, 0.2) is 30.3 Å². The minimum absolute atomic E-state index is 0.0334. The first-order valence-corrected chi connectivity index (χ1v) is 9.22. The van der Waals surface area contributed by atoms with Gasteiger partial charge in [-0.2, -0.15) is 0 Å². The second kappa shape index (κ2) is 9.17. The molecular formula is C19H29N3O3. The third kappa shape index (κ3) is 5.42. The molecule has 1 aromatic carbocycles. The highest BCUT2D eigenvalue weighted by Crippen LogP contribution is 2.23. The molecule has 0 aromatic heterocycles. The fourth-order valence-electron chi connectivity index (χ4n) is 3.78. The van der Waals surface area contributed by atoms with Crippen molar-refractivity contribution >= 4 is 6.03 Å². The largest absolute Gasteiger partial charge is 0.396 e. The second-order valence-corrected chi connectivity index (χ2v) is 7.11. The zero-order valence-corrected chi connectivity index (χ0v) is 14.8. The fraction of sp³-hybridized carbons (Fsp3) is 0.632. The van der Waals surface area contributed by atoms with E-state index in [9.17, 15) is 9.90 Å². The summed E-state index contributed by atoms with van der Waals surface area (Å²) in [5.74, 6) is 0.578. The number of benzene rings is 1. The van der Waals surface area contributed by atoms with Gasteiger partial charge in [0.25, 0.3) is 0 Å². The van der Waals surface area contributed by atoms with Crippen LogP contribution in [0.2, 0.25) is 0 Å².